The number of benzene rings is 2. The molecule has 4 rings (SSSR count). The highest BCUT2D eigenvalue weighted by atomic mass is 19.1. The Bertz CT molecular complexity index is 684. The van der Waals surface area contributed by atoms with E-state index >= 15 is 0 Å². The van der Waals surface area contributed by atoms with E-state index in [0.29, 0.717) is 11.8 Å². The second-order valence-electron chi connectivity index (χ2n) is 6.02. The summed E-state index contributed by atoms with van der Waals surface area (Å²) in [5.74, 6) is 0.530. The number of hydrogen-bond donors (Lipinski definition) is 0. The summed E-state index contributed by atoms with van der Waals surface area (Å²) in [5.41, 5.74) is 4.86. The van der Waals surface area contributed by atoms with Crippen LogP contribution in [0.15, 0.2) is 60.7 Å². The molecule has 0 saturated heterocycles. The van der Waals surface area contributed by atoms with Gasteiger partial charge in [0.25, 0.3) is 0 Å². The van der Waals surface area contributed by atoms with Gasteiger partial charge in [0.15, 0.2) is 0 Å². The predicted molar refractivity (Wildman–Crippen MR) is 85.0 cm³/mol. The van der Waals surface area contributed by atoms with Crippen LogP contribution in [0, 0.1) is 23.5 Å². The third-order valence-electron chi connectivity index (χ3n) is 4.82. The Morgan fingerprint density at radius 3 is 1.32 bits per heavy atom. The second kappa shape index (κ2) is 5.20. The minimum Gasteiger partial charge on any atom is -0.207 e. The highest BCUT2D eigenvalue weighted by molar-refractivity contribution is 5.80. The summed E-state index contributed by atoms with van der Waals surface area (Å²) in [5, 5.41) is 0. The fourth-order valence-electron chi connectivity index (χ4n) is 3.78. The Balaban J connectivity index is 1.59. The van der Waals surface area contributed by atoms with Crippen molar-refractivity contribution in [2.45, 2.75) is 12.8 Å². The zero-order valence-corrected chi connectivity index (χ0v) is 12.1. The van der Waals surface area contributed by atoms with Crippen molar-refractivity contribution in [3.63, 3.8) is 0 Å². The lowest BCUT2D eigenvalue weighted by atomic mass is 9.85. The van der Waals surface area contributed by atoms with Gasteiger partial charge in [0.05, 0.1) is 0 Å². The molecule has 0 spiro atoms. The Hall–Kier alpha value is -2.22. The monoisotopic (exact) mass is 294 g/mol. The van der Waals surface area contributed by atoms with Crippen molar-refractivity contribution < 1.29 is 8.78 Å². The largest absolute Gasteiger partial charge is 0.207 e. The molecule has 0 aromatic heterocycles. The van der Waals surface area contributed by atoms with Gasteiger partial charge in [-0.15, -0.1) is 0 Å². The first-order chi connectivity index (χ1) is 10.7. The Morgan fingerprint density at radius 2 is 0.955 bits per heavy atom. The summed E-state index contributed by atoms with van der Waals surface area (Å²) >= 11 is 0. The minimum absolute atomic E-state index is 0.199. The van der Waals surface area contributed by atoms with Gasteiger partial charge in [0.1, 0.15) is 11.6 Å². The lowest BCUT2D eigenvalue weighted by molar-refractivity contribution is 0.573. The zero-order valence-electron chi connectivity index (χ0n) is 12.1. The molecule has 2 atom stereocenters. The van der Waals surface area contributed by atoms with Crippen molar-refractivity contribution >= 4 is 11.1 Å². The molecule has 0 saturated carbocycles. The smallest absolute Gasteiger partial charge is 0.123 e. The fourth-order valence-corrected chi connectivity index (χ4v) is 3.78. The molecular formula is C20H16F2. The van der Waals surface area contributed by atoms with Crippen LogP contribution >= 0.6 is 0 Å². The SMILES string of the molecule is Fc1ccc(C2=CC[C@H]3C(c4ccc(F)cc4)=CC[C@@H]23)cc1. The molecule has 110 valence electrons. The first-order valence-corrected chi connectivity index (χ1v) is 7.64. The zero-order chi connectivity index (χ0) is 15.1. The van der Waals surface area contributed by atoms with E-state index in [9.17, 15) is 8.78 Å². The van der Waals surface area contributed by atoms with E-state index in [1.165, 1.54) is 35.4 Å². The van der Waals surface area contributed by atoms with Gasteiger partial charge >= 0.3 is 0 Å². The summed E-state index contributed by atoms with van der Waals surface area (Å²) < 4.78 is 26.2. The molecule has 0 N–H and O–H groups in total. The summed E-state index contributed by atoms with van der Waals surface area (Å²) in [6.07, 6.45) is 6.55. The van der Waals surface area contributed by atoms with E-state index in [0.717, 1.165) is 24.0 Å². The number of hydrogen-bond acceptors (Lipinski definition) is 0. The van der Waals surface area contributed by atoms with Crippen molar-refractivity contribution in [1.29, 1.82) is 0 Å². The normalized spacial score (nSPS) is 23.2. The molecule has 22 heavy (non-hydrogen) atoms. The highest BCUT2D eigenvalue weighted by Crippen LogP contribution is 2.51. The number of rotatable bonds is 2. The molecule has 2 aliphatic rings. The second-order valence-corrected chi connectivity index (χ2v) is 6.02. The van der Waals surface area contributed by atoms with Gasteiger partial charge < -0.3 is 0 Å². The molecule has 0 heterocycles. The van der Waals surface area contributed by atoms with Gasteiger partial charge in [-0.1, -0.05) is 36.4 Å². The van der Waals surface area contributed by atoms with Crippen LogP contribution in [0.5, 0.6) is 0 Å². The Labute approximate surface area is 128 Å². The third-order valence-corrected chi connectivity index (χ3v) is 4.82. The van der Waals surface area contributed by atoms with Gasteiger partial charge in [-0.2, -0.15) is 0 Å². The van der Waals surface area contributed by atoms with E-state index < -0.39 is 0 Å². The lowest BCUT2D eigenvalue weighted by Gasteiger charge is -2.18. The van der Waals surface area contributed by atoms with Gasteiger partial charge in [0.2, 0.25) is 0 Å². The van der Waals surface area contributed by atoms with E-state index in [2.05, 4.69) is 12.2 Å². The van der Waals surface area contributed by atoms with Crippen molar-refractivity contribution in [1.82, 2.24) is 0 Å². The quantitative estimate of drug-likeness (QED) is 0.689. The van der Waals surface area contributed by atoms with Crippen LogP contribution < -0.4 is 0 Å². The van der Waals surface area contributed by atoms with Gasteiger partial charge in [-0.05, 0) is 71.2 Å². The van der Waals surface area contributed by atoms with E-state index in [1.54, 1.807) is 0 Å². The summed E-state index contributed by atoms with van der Waals surface area (Å²) in [6.45, 7) is 0. The predicted octanol–water partition coefficient (Wildman–Crippen LogP) is 5.47. The molecule has 0 aliphatic heterocycles. The fraction of sp³-hybridized carbons (Fsp3) is 0.200. The number of fused-ring (bicyclic) bond motifs is 1. The number of halogens is 2. The average Bonchev–Trinajstić information content (AvgIpc) is 3.11. The summed E-state index contributed by atoms with van der Waals surface area (Å²) in [6, 6.07) is 13.5. The van der Waals surface area contributed by atoms with Crippen LogP contribution in [0.25, 0.3) is 11.1 Å². The molecule has 2 aromatic carbocycles. The molecule has 2 aromatic rings. The summed E-state index contributed by atoms with van der Waals surface area (Å²) in [4.78, 5) is 0. The minimum atomic E-state index is -0.199. The Kier molecular flexibility index (Phi) is 3.18. The lowest BCUT2D eigenvalue weighted by Crippen LogP contribution is -2.06. The highest BCUT2D eigenvalue weighted by Gasteiger charge is 2.36. The van der Waals surface area contributed by atoms with E-state index in [4.69, 9.17) is 0 Å². The standard InChI is InChI=1S/C20H16F2/c21-15-5-1-13(2-6-15)17-9-11-20-18(10-12-19(17)20)14-3-7-16(22)8-4-14/h1-10,19-20H,11-12H2/t19-,20-/m0/s1. The Morgan fingerprint density at radius 1 is 0.591 bits per heavy atom. The molecule has 2 aliphatic carbocycles. The van der Waals surface area contributed by atoms with Crippen LogP contribution in [0.3, 0.4) is 0 Å². The first kappa shape index (κ1) is 13.4. The van der Waals surface area contributed by atoms with E-state index in [1.807, 2.05) is 24.3 Å². The van der Waals surface area contributed by atoms with Gasteiger partial charge in [-0.3, -0.25) is 0 Å². The number of allylic oxidation sites excluding steroid dienone is 4. The maximum Gasteiger partial charge on any atom is 0.123 e. The van der Waals surface area contributed by atoms with Crippen molar-refractivity contribution in [3.8, 4) is 0 Å². The maximum atomic E-state index is 13.1. The third kappa shape index (κ3) is 2.19. The van der Waals surface area contributed by atoms with Crippen LogP contribution in [0.4, 0.5) is 8.78 Å². The van der Waals surface area contributed by atoms with Crippen molar-refractivity contribution in [2.24, 2.45) is 11.8 Å². The molecule has 0 nitrogen and oxygen atoms in total. The van der Waals surface area contributed by atoms with Gasteiger partial charge in [0, 0.05) is 0 Å². The molecular weight excluding hydrogens is 278 g/mol. The maximum absolute atomic E-state index is 13.1. The van der Waals surface area contributed by atoms with Crippen LogP contribution in [0.1, 0.15) is 24.0 Å². The average molecular weight is 294 g/mol. The molecule has 2 heteroatoms. The molecule has 0 unspecified atom stereocenters. The van der Waals surface area contributed by atoms with Crippen LogP contribution in [-0.2, 0) is 0 Å². The first-order valence-electron chi connectivity index (χ1n) is 7.64. The molecule has 0 fully saturated rings. The van der Waals surface area contributed by atoms with E-state index in [-0.39, 0.29) is 11.6 Å². The van der Waals surface area contributed by atoms with Crippen molar-refractivity contribution in [2.75, 3.05) is 0 Å². The topological polar surface area (TPSA) is 0 Å². The summed E-state index contributed by atoms with van der Waals surface area (Å²) in [7, 11) is 0. The molecule has 0 bridgehead atoms. The van der Waals surface area contributed by atoms with Crippen LogP contribution in [-0.4, -0.2) is 0 Å². The van der Waals surface area contributed by atoms with Crippen molar-refractivity contribution in [3.05, 3.63) is 83.4 Å². The molecule has 0 amide bonds. The van der Waals surface area contributed by atoms with Gasteiger partial charge in [-0.25, -0.2) is 8.78 Å². The molecule has 0 radical (unpaired) electrons. The van der Waals surface area contributed by atoms with Crippen LogP contribution in [0.2, 0.25) is 0 Å².